The van der Waals surface area contributed by atoms with Gasteiger partial charge in [-0.25, -0.2) is 9.97 Å². The molecule has 1 unspecified atom stereocenters. The van der Waals surface area contributed by atoms with Crippen molar-refractivity contribution in [1.82, 2.24) is 9.97 Å². The summed E-state index contributed by atoms with van der Waals surface area (Å²) in [4.78, 5) is 11.3. The zero-order chi connectivity index (χ0) is 15.6. The average Bonchev–Trinajstić information content (AvgIpc) is 2.41. The highest BCUT2D eigenvalue weighted by atomic mass is 16.5. The monoisotopic (exact) mass is 292 g/mol. The van der Waals surface area contributed by atoms with Gasteiger partial charge in [-0.2, -0.15) is 0 Å². The third kappa shape index (κ3) is 3.84. The van der Waals surface area contributed by atoms with Gasteiger partial charge in [0.05, 0.1) is 6.10 Å². The van der Waals surface area contributed by atoms with Gasteiger partial charge in [-0.15, -0.1) is 0 Å². The summed E-state index contributed by atoms with van der Waals surface area (Å²) in [6, 6.07) is 0. The molecule has 2 heterocycles. The summed E-state index contributed by atoms with van der Waals surface area (Å²) in [5.41, 5.74) is 6.91. The Morgan fingerprint density at radius 1 is 1.29 bits per heavy atom. The first-order valence-electron chi connectivity index (χ1n) is 7.76. The molecule has 1 atom stereocenters. The minimum absolute atomic E-state index is 0.112. The average molecular weight is 292 g/mol. The van der Waals surface area contributed by atoms with Crippen LogP contribution in [0.3, 0.4) is 0 Å². The maximum absolute atomic E-state index is 6.08. The van der Waals surface area contributed by atoms with E-state index < -0.39 is 0 Å². The molecule has 2 N–H and O–H groups in total. The van der Waals surface area contributed by atoms with Gasteiger partial charge < -0.3 is 15.4 Å². The van der Waals surface area contributed by atoms with Gasteiger partial charge in [-0.3, -0.25) is 0 Å². The van der Waals surface area contributed by atoms with Gasteiger partial charge >= 0.3 is 0 Å². The highest BCUT2D eigenvalue weighted by Crippen LogP contribution is 2.27. The quantitative estimate of drug-likeness (QED) is 0.928. The molecule has 1 fully saturated rings. The van der Waals surface area contributed by atoms with Crippen molar-refractivity contribution >= 4 is 11.6 Å². The normalized spacial score (nSPS) is 19.6. The molecule has 1 aromatic rings. The van der Waals surface area contributed by atoms with Crippen molar-refractivity contribution in [2.75, 3.05) is 30.8 Å². The lowest BCUT2D eigenvalue weighted by atomic mass is 9.95. The van der Waals surface area contributed by atoms with Crippen LogP contribution in [-0.2, 0) is 10.2 Å². The van der Waals surface area contributed by atoms with Gasteiger partial charge in [-0.1, -0.05) is 20.8 Å². The first-order chi connectivity index (χ1) is 9.79. The SMILES string of the molecule is Cc1c(N)nc(C(C)(C)C)nc1N(C)CC1CCCCO1. The van der Waals surface area contributed by atoms with Crippen molar-refractivity contribution in [3.05, 3.63) is 11.4 Å². The van der Waals surface area contributed by atoms with E-state index >= 15 is 0 Å². The molecule has 1 aliphatic rings. The maximum atomic E-state index is 6.08. The van der Waals surface area contributed by atoms with Gasteiger partial charge in [-0.05, 0) is 26.2 Å². The molecule has 0 saturated carbocycles. The van der Waals surface area contributed by atoms with E-state index in [1.807, 2.05) is 6.92 Å². The van der Waals surface area contributed by atoms with Crippen LogP contribution in [0.15, 0.2) is 0 Å². The summed E-state index contributed by atoms with van der Waals surface area (Å²) < 4.78 is 5.82. The second-order valence-corrected chi connectivity index (χ2v) is 7.00. The molecule has 1 aromatic heterocycles. The summed E-state index contributed by atoms with van der Waals surface area (Å²) in [6.07, 6.45) is 3.83. The lowest BCUT2D eigenvalue weighted by molar-refractivity contribution is 0.0215. The number of anilines is 2. The minimum Gasteiger partial charge on any atom is -0.383 e. The molecule has 0 spiro atoms. The van der Waals surface area contributed by atoms with Gasteiger partial charge in [0.15, 0.2) is 0 Å². The van der Waals surface area contributed by atoms with Crippen LogP contribution in [0.25, 0.3) is 0 Å². The summed E-state index contributed by atoms with van der Waals surface area (Å²) in [7, 11) is 2.05. The number of nitrogens with two attached hydrogens (primary N) is 1. The number of rotatable bonds is 3. The van der Waals surface area contributed by atoms with Crippen LogP contribution < -0.4 is 10.6 Å². The van der Waals surface area contributed by atoms with Gasteiger partial charge in [0.1, 0.15) is 17.5 Å². The predicted molar refractivity (Wildman–Crippen MR) is 86.7 cm³/mol. The Labute approximate surface area is 127 Å². The van der Waals surface area contributed by atoms with E-state index in [2.05, 4.69) is 37.7 Å². The fourth-order valence-electron chi connectivity index (χ4n) is 2.57. The first kappa shape index (κ1) is 16.0. The predicted octanol–water partition coefficient (Wildman–Crippen LogP) is 2.67. The van der Waals surface area contributed by atoms with Crippen LogP contribution >= 0.6 is 0 Å². The van der Waals surface area contributed by atoms with E-state index in [1.165, 1.54) is 12.8 Å². The fraction of sp³-hybridized carbons (Fsp3) is 0.750. The number of aromatic nitrogens is 2. The molecule has 21 heavy (non-hydrogen) atoms. The summed E-state index contributed by atoms with van der Waals surface area (Å²) in [5.74, 6) is 2.28. The third-order valence-electron chi connectivity index (χ3n) is 3.94. The van der Waals surface area contributed by atoms with Crippen molar-refractivity contribution in [3.8, 4) is 0 Å². The van der Waals surface area contributed by atoms with Crippen LogP contribution in [0.1, 0.15) is 51.4 Å². The Balaban J connectivity index is 2.22. The summed E-state index contributed by atoms with van der Waals surface area (Å²) in [5, 5.41) is 0. The van der Waals surface area contributed by atoms with Crippen LogP contribution in [0.2, 0.25) is 0 Å². The Kier molecular flexibility index (Phi) is 4.71. The highest BCUT2D eigenvalue weighted by molar-refractivity contribution is 5.56. The van der Waals surface area contributed by atoms with Crippen LogP contribution in [0.4, 0.5) is 11.6 Å². The van der Waals surface area contributed by atoms with Crippen LogP contribution in [0.5, 0.6) is 0 Å². The van der Waals surface area contributed by atoms with E-state index in [0.29, 0.717) is 5.82 Å². The molecule has 1 saturated heterocycles. The molecule has 0 bridgehead atoms. The lowest BCUT2D eigenvalue weighted by Gasteiger charge is -2.30. The molecular formula is C16H28N4O. The van der Waals surface area contributed by atoms with Crippen molar-refractivity contribution in [2.45, 2.75) is 58.5 Å². The van der Waals surface area contributed by atoms with Gasteiger partial charge in [0.2, 0.25) is 0 Å². The van der Waals surface area contributed by atoms with E-state index in [1.54, 1.807) is 0 Å². The van der Waals surface area contributed by atoms with Crippen molar-refractivity contribution < 1.29 is 4.74 Å². The molecule has 5 nitrogen and oxygen atoms in total. The number of nitrogen functional groups attached to an aromatic ring is 1. The molecule has 118 valence electrons. The number of nitrogens with zero attached hydrogens (tertiary/aromatic N) is 3. The van der Waals surface area contributed by atoms with Crippen LogP contribution in [0, 0.1) is 6.92 Å². The molecule has 0 aliphatic carbocycles. The first-order valence-corrected chi connectivity index (χ1v) is 7.76. The fourth-order valence-corrected chi connectivity index (χ4v) is 2.57. The van der Waals surface area contributed by atoms with E-state index in [4.69, 9.17) is 15.5 Å². The van der Waals surface area contributed by atoms with E-state index in [9.17, 15) is 0 Å². The smallest absolute Gasteiger partial charge is 0.138 e. The minimum atomic E-state index is -0.112. The summed E-state index contributed by atoms with van der Waals surface area (Å²) >= 11 is 0. The second-order valence-electron chi connectivity index (χ2n) is 7.00. The van der Waals surface area contributed by atoms with Crippen molar-refractivity contribution in [3.63, 3.8) is 0 Å². The largest absolute Gasteiger partial charge is 0.383 e. The third-order valence-corrected chi connectivity index (χ3v) is 3.94. The molecule has 0 amide bonds. The van der Waals surface area contributed by atoms with Crippen molar-refractivity contribution in [1.29, 1.82) is 0 Å². The summed E-state index contributed by atoms with van der Waals surface area (Å²) in [6.45, 7) is 10.0. The molecule has 1 aliphatic heterocycles. The van der Waals surface area contributed by atoms with Crippen LogP contribution in [-0.4, -0.2) is 36.3 Å². The Morgan fingerprint density at radius 3 is 2.57 bits per heavy atom. The van der Waals surface area contributed by atoms with Crippen molar-refractivity contribution in [2.24, 2.45) is 0 Å². The number of hydrogen-bond donors (Lipinski definition) is 1. The highest BCUT2D eigenvalue weighted by Gasteiger charge is 2.23. The zero-order valence-corrected chi connectivity index (χ0v) is 13.9. The Hall–Kier alpha value is -1.36. The number of likely N-dealkylation sites (N-methyl/N-ethyl adjacent to an activating group) is 1. The maximum Gasteiger partial charge on any atom is 0.138 e. The molecule has 5 heteroatoms. The van der Waals surface area contributed by atoms with Gasteiger partial charge in [0.25, 0.3) is 0 Å². The molecule has 2 rings (SSSR count). The molecule has 0 radical (unpaired) electrons. The topological polar surface area (TPSA) is 64.3 Å². The molecular weight excluding hydrogens is 264 g/mol. The molecule has 0 aromatic carbocycles. The Morgan fingerprint density at radius 2 is 2.00 bits per heavy atom. The lowest BCUT2D eigenvalue weighted by Crippen LogP contribution is -2.35. The number of ether oxygens (including phenoxy) is 1. The van der Waals surface area contributed by atoms with E-state index in [-0.39, 0.29) is 11.5 Å². The second kappa shape index (κ2) is 6.18. The number of hydrogen-bond acceptors (Lipinski definition) is 5. The zero-order valence-electron chi connectivity index (χ0n) is 13.9. The Bertz CT molecular complexity index is 490. The van der Waals surface area contributed by atoms with Gasteiger partial charge in [0, 0.05) is 31.2 Å². The standard InChI is InChI=1S/C16H28N4O/c1-11-13(17)18-15(16(2,3)4)19-14(11)20(5)10-12-8-6-7-9-21-12/h12H,6-10H2,1-5H3,(H2,17,18,19). The van der Waals surface area contributed by atoms with E-state index in [0.717, 1.165) is 36.8 Å².